The average Bonchev–Trinajstić information content (AvgIpc) is 2.01. The number of halogens is 1. The molecule has 0 spiro atoms. The van der Waals surface area contributed by atoms with Crippen molar-refractivity contribution in [1.82, 2.24) is 5.32 Å². The number of nitrogens with one attached hydrogen (secondary N) is 1. The molecule has 0 unspecified atom stereocenters. The van der Waals surface area contributed by atoms with Gasteiger partial charge in [-0.1, -0.05) is 11.6 Å². The van der Waals surface area contributed by atoms with Gasteiger partial charge in [-0.3, -0.25) is 0 Å². The SMILES string of the molecule is CNCc1cc(O)c(C)c(Cl)c1. The largest absolute Gasteiger partial charge is 0.508 e. The molecule has 0 aliphatic carbocycles. The Balaban J connectivity index is 3.04. The van der Waals surface area contributed by atoms with Crippen molar-refractivity contribution in [2.45, 2.75) is 13.5 Å². The normalized spacial score (nSPS) is 10.2. The van der Waals surface area contributed by atoms with E-state index >= 15 is 0 Å². The molecule has 3 heteroatoms. The van der Waals surface area contributed by atoms with Gasteiger partial charge in [-0.05, 0) is 31.7 Å². The molecular weight excluding hydrogens is 174 g/mol. The van der Waals surface area contributed by atoms with Gasteiger partial charge in [0.2, 0.25) is 0 Å². The van der Waals surface area contributed by atoms with Gasteiger partial charge in [0.1, 0.15) is 5.75 Å². The summed E-state index contributed by atoms with van der Waals surface area (Å²) >= 11 is 5.87. The molecule has 2 N–H and O–H groups in total. The first kappa shape index (κ1) is 9.36. The Kier molecular flexibility index (Phi) is 2.95. The molecule has 0 amide bonds. The van der Waals surface area contributed by atoms with Gasteiger partial charge in [0.25, 0.3) is 0 Å². The van der Waals surface area contributed by atoms with Crippen molar-refractivity contribution in [1.29, 1.82) is 0 Å². The molecule has 0 aromatic heterocycles. The molecule has 0 heterocycles. The van der Waals surface area contributed by atoms with E-state index in [9.17, 15) is 5.11 Å². The van der Waals surface area contributed by atoms with E-state index in [4.69, 9.17) is 11.6 Å². The number of hydrogen-bond acceptors (Lipinski definition) is 2. The molecule has 1 aromatic carbocycles. The van der Waals surface area contributed by atoms with E-state index in [2.05, 4.69) is 5.32 Å². The predicted molar refractivity (Wildman–Crippen MR) is 50.6 cm³/mol. The Bertz CT molecular complexity index is 263. The maximum Gasteiger partial charge on any atom is 0.120 e. The lowest BCUT2D eigenvalue weighted by Gasteiger charge is -2.05. The zero-order valence-electron chi connectivity index (χ0n) is 7.19. The molecule has 66 valence electrons. The summed E-state index contributed by atoms with van der Waals surface area (Å²) in [5.74, 6) is 0.257. The molecule has 2 nitrogen and oxygen atoms in total. The van der Waals surface area contributed by atoms with Crippen molar-refractivity contribution in [3.8, 4) is 5.75 Å². The third-order valence-electron chi connectivity index (χ3n) is 1.76. The highest BCUT2D eigenvalue weighted by Crippen LogP contribution is 2.26. The Morgan fingerprint density at radius 3 is 2.67 bits per heavy atom. The van der Waals surface area contributed by atoms with Crippen molar-refractivity contribution >= 4 is 11.6 Å². The maximum atomic E-state index is 9.40. The molecule has 0 atom stereocenters. The molecule has 1 aromatic rings. The van der Waals surface area contributed by atoms with Gasteiger partial charge in [-0.15, -0.1) is 0 Å². The lowest BCUT2D eigenvalue weighted by molar-refractivity contribution is 0.470. The first-order valence-electron chi connectivity index (χ1n) is 3.77. The Morgan fingerprint density at radius 1 is 1.50 bits per heavy atom. The molecule has 0 aliphatic rings. The van der Waals surface area contributed by atoms with Crippen LogP contribution in [0.15, 0.2) is 12.1 Å². The third kappa shape index (κ3) is 1.90. The highest BCUT2D eigenvalue weighted by molar-refractivity contribution is 6.31. The molecule has 0 saturated carbocycles. The molecule has 0 bridgehead atoms. The fourth-order valence-electron chi connectivity index (χ4n) is 1.03. The van der Waals surface area contributed by atoms with Gasteiger partial charge in [0, 0.05) is 17.1 Å². The van der Waals surface area contributed by atoms with E-state index in [0.29, 0.717) is 11.6 Å². The lowest BCUT2D eigenvalue weighted by Crippen LogP contribution is -2.04. The fraction of sp³-hybridized carbons (Fsp3) is 0.333. The molecule has 0 fully saturated rings. The number of hydrogen-bond donors (Lipinski definition) is 2. The van der Waals surface area contributed by atoms with Crippen LogP contribution in [0.2, 0.25) is 5.02 Å². The minimum Gasteiger partial charge on any atom is -0.508 e. The zero-order chi connectivity index (χ0) is 9.14. The summed E-state index contributed by atoms with van der Waals surface area (Å²) < 4.78 is 0. The molecular formula is C9H12ClNO. The van der Waals surface area contributed by atoms with E-state index in [1.807, 2.05) is 13.1 Å². The van der Waals surface area contributed by atoms with E-state index < -0.39 is 0 Å². The number of benzene rings is 1. The van der Waals surface area contributed by atoms with Gasteiger partial charge in [-0.25, -0.2) is 0 Å². The first-order valence-corrected chi connectivity index (χ1v) is 4.15. The quantitative estimate of drug-likeness (QED) is 0.740. The van der Waals surface area contributed by atoms with Crippen LogP contribution in [0.5, 0.6) is 5.75 Å². The second-order valence-corrected chi connectivity index (χ2v) is 3.16. The summed E-state index contributed by atoms with van der Waals surface area (Å²) in [6.45, 7) is 2.51. The van der Waals surface area contributed by atoms with E-state index in [1.54, 1.807) is 13.0 Å². The first-order chi connectivity index (χ1) is 5.65. The van der Waals surface area contributed by atoms with Crippen LogP contribution in [0.1, 0.15) is 11.1 Å². The van der Waals surface area contributed by atoms with Crippen molar-refractivity contribution < 1.29 is 5.11 Å². The van der Waals surface area contributed by atoms with Crippen molar-refractivity contribution in [2.75, 3.05) is 7.05 Å². The summed E-state index contributed by atoms with van der Waals surface area (Å²) in [6.07, 6.45) is 0. The number of rotatable bonds is 2. The van der Waals surface area contributed by atoms with Crippen LogP contribution in [0.4, 0.5) is 0 Å². The molecule has 12 heavy (non-hydrogen) atoms. The topological polar surface area (TPSA) is 32.3 Å². The highest BCUT2D eigenvalue weighted by Gasteiger charge is 2.03. The minimum atomic E-state index is 0.257. The Morgan fingerprint density at radius 2 is 2.17 bits per heavy atom. The lowest BCUT2D eigenvalue weighted by atomic mass is 10.1. The monoisotopic (exact) mass is 185 g/mol. The van der Waals surface area contributed by atoms with Gasteiger partial charge in [0.15, 0.2) is 0 Å². The van der Waals surface area contributed by atoms with E-state index in [1.165, 1.54) is 0 Å². The highest BCUT2D eigenvalue weighted by atomic mass is 35.5. The molecule has 0 aliphatic heterocycles. The Hall–Kier alpha value is -0.730. The summed E-state index contributed by atoms with van der Waals surface area (Å²) in [4.78, 5) is 0. The van der Waals surface area contributed by atoms with Crippen LogP contribution in [0.3, 0.4) is 0 Å². The number of aromatic hydroxyl groups is 1. The Labute approximate surface area is 77.2 Å². The third-order valence-corrected chi connectivity index (χ3v) is 2.15. The summed E-state index contributed by atoms with van der Waals surface area (Å²) in [6, 6.07) is 3.57. The smallest absolute Gasteiger partial charge is 0.120 e. The summed E-state index contributed by atoms with van der Waals surface area (Å²) in [7, 11) is 1.85. The number of phenols is 1. The summed E-state index contributed by atoms with van der Waals surface area (Å²) in [5.41, 5.74) is 1.72. The zero-order valence-corrected chi connectivity index (χ0v) is 7.94. The van der Waals surface area contributed by atoms with Gasteiger partial charge < -0.3 is 10.4 Å². The second-order valence-electron chi connectivity index (χ2n) is 2.75. The van der Waals surface area contributed by atoms with E-state index in [-0.39, 0.29) is 5.75 Å². The minimum absolute atomic E-state index is 0.257. The van der Waals surface area contributed by atoms with E-state index in [0.717, 1.165) is 11.1 Å². The average molecular weight is 186 g/mol. The van der Waals surface area contributed by atoms with Gasteiger partial charge in [-0.2, -0.15) is 0 Å². The van der Waals surface area contributed by atoms with Crippen LogP contribution in [-0.2, 0) is 6.54 Å². The number of phenolic OH excluding ortho intramolecular Hbond substituents is 1. The van der Waals surface area contributed by atoms with Crippen LogP contribution in [0.25, 0.3) is 0 Å². The molecule has 0 saturated heterocycles. The predicted octanol–water partition coefficient (Wildman–Crippen LogP) is 2.07. The van der Waals surface area contributed by atoms with Crippen molar-refractivity contribution in [2.24, 2.45) is 0 Å². The fourth-order valence-corrected chi connectivity index (χ4v) is 1.26. The van der Waals surface area contributed by atoms with Crippen LogP contribution in [0, 0.1) is 6.92 Å². The summed E-state index contributed by atoms with van der Waals surface area (Å²) in [5, 5.41) is 13.0. The van der Waals surface area contributed by atoms with Gasteiger partial charge >= 0.3 is 0 Å². The van der Waals surface area contributed by atoms with Crippen molar-refractivity contribution in [3.63, 3.8) is 0 Å². The van der Waals surface area contributed by atoms with Crippen molar-refractivity contribution in [3.05, 3.63) is 28.3 Å². The molecule has 1 rings (SSSR count). The standard InChI is InChI=1S/C9H12ClNO/c1-6-8(10)3-7(5-11-2)4-9(6)12/h3-4,11-12H,5H2,1-2H3. The van der Waals surface area contributed by atoms with Gasteiger partial charge in [0.05, 0.1) is 0 Å². The molecule has 0 radical (unpaired) electrons. The van der Waals surface area contributed by atoms with Crippen LogP contribution < -0.4 is 5.32 Å². The maximum absolute atomic E-state index is 9.40. The second kappa shape index (κ2) is 3.78. The van der Waals surface area contributed by atoms with Crippen LogP contribution >= 0.6 is 11.6 Å². The van der Waals surface area contributed by atoms with Crippen LogP contribution in [-0.4, -0.2) is 12.2 Å².